The van der Waals surface area contributed by atoms with Crippen LogP contribution >= 0.6 is 0 Å². The highest BCUT2D eigenvalue weighted by atomic mass is 15.1. The van der Waals surface area contributed by atoms with Crippen LogP contribution in [0.5, 0.6) is 0 Å². The lowest BCUT2D eigenvalue weighted by molar-refractivity contribution is 0.233. The van der Waals surface area contributed by atoms with Gasteiger partial charge in [-0.15, -0.1) is 0 Å². The Bertz CT molecular complexity index is 350. The second-order valence-corrected chi connectivity index (χ2v) is 5.80. The summed E-state index contributed by atoms with van der Waals surface area (Å²) in [6, 6.07) is 9.66. The van der Waals surface area contributed by atoms with Crippen LogP contribution in [0.1, 0.15) is 36.8 Å². The van der Waals surface area contributed by atoms with E-state index in [0.29, 0.717) is 12.0 Å². The fourth-order valence-corrected chi connectivity index (χ4v) is 2.57. The molecule has 1 aromatic carbocycles. The summed E-state index contributed by atoms with van der Waals surface area (Å²) in [5.74, 6) is 0.602. The molecular formula is C16H26N2. The van der Waals surface area contributed by atoms with Gasteiger partial charge < -0.3 is 10.2 Å². The number of rotatable bonds is 4. The largest absolute Gasteiger partial charge is 0.313 e. The zero-order valence-electron chi connectivity index (χ0n) is 11.9. The number of piperidine rings is 1. The first kappa shape index (κ1) is 13.6. The molecule has 0 bridgehead atoms. The predicted octanol–water partition coefficient (Wildman–Crippen LogP) is 2.78. The van der Waals surface area contributed by atoms with Gasteiger partial charge in [-0.05, 0) is 51.4 Å². The summed E-state index contributed by atoms with van der Waals surface area (Å²) in [7, 11) is 2.21. The summed E-state index contributed by atoms with van der Waals surface area (Å²) >= 11 is 0. The highest BCUT2D eigenvalue weighted by Gasteiger charge is 2.16. The molecule has 0 spiro atoms. The zero-order chi connectivity index (χ0) is 13.0. The third kappa shape index (κ3) is 3.82. The average molecular weight is 246 g/mol. The lowest BCUT2D eigenvalue weighted by Gasteiger charge is -2.30. The van der Waals surface area contributed by atoms with Crippen molar-refractivity contribution >= 4 is 0 Å². The molecule has 2 rings (SSSR count). The molecule has 1 aliphatic rings. The van der Waals surface area contributed by atoms with Crippen LogP contribution in [0.25, 0.3) is 0 Å². The molecule has 0 amide bonds. The number of nitrogens with zero attached hydrogens (tertiary/aromatic N) is 1. The van der Waals surface area contributed by atoms with Gasteiger partial charge in [0, 0.05) is 12.6 Å². The van der Waals surface area contributed by atoms with Crippen molar-refractivity contribution in [1.82, 2.24) is 10.2 Å². The zero-order valence-corrected chi connectivity index (χ0v) is 11.9. The van der Waals surface area contributed by atoms with Gasteiger partial charge in [0.25, 0.3) is 0 Å². The Morgan fingerprint density at radius 2 is 1.83 bits per heavy atom. The molecule has 2 nitrogen and oxygen atoms in total. The number of likely N-dealkylation sites (tertiary alicyclic amines) is 1. The standard InChI is InChI=1S/C16H26N2/c1-13-4-6-15(7-5-13)14(2)12-17-16-8-10-18(3)11-9-16/h4-7,14,16-17H,8-12H2,1-3H3. The van der Waals surface area contributed by atoms with Crippen molar-refractivity contribution < 1.29 is 0 Å². The van der Waals surface area contributed by atoms with Crippen molar-refractivity contribution in [2.24, 2.45) is 0 Å². The smallest absolute Gasteiger partial charge is 0.00916 e. The van der Waals surface area contributed by atoms with Crippen LogP contribution < -0.4 is 5.32 Å². The van der Waals surface area contributed by atoms with Crippen molar-refractivity contribution in [3.05, 3.63) is 35.4 Å². The molecule has 100 valence electrons. The molecule has 0 aliphatic carbocycles. The molecule has 1 heterocycles. The lowest BCUT2D eigenvalue weighted by Crippen LogP contribution is -2.41. The van der Waals surface area contributed by atoms with E-state index < -0.39 is 0 Å². The quantitative estimate of drug-likeness (QED) is 0.879. The first-order chi connectivity index (χ1) is 8.65. The molecule has 2 heteroatoms. The Labute approximate surface area is 111 Å². The van der Waals surface area contributed by atoms with E-state index in [-0.39, 0.29) is 0 Å². The highest BCUT2D eigenvalue weighted by Crippen LogP contribution is 2.16. The second kappa shape index (κ2) is 6.35. The lowest BCUT2D eigenvalue weighted by atomic mass is 9.98. The number of aryl methyl sites for hydroxylation is 1. The Kier molecular flexibility index (Phi) is 4.79. The summed E-state index contributed by atoms with van der Waals surface area (Å²) in [5.41, 5.74) is 2.79. The van der Waals surface area contributed by atoms with E-state index in [0.717, 1.165) is 6.54 Å². The van der Waals surface area contributed by atoms with Gasteiger partial charge in [-0.2, -0.15) is 0 Å². The molecular weight excluding hydrogens is 220 g/mol. The highest BCUT2D eigenvalue weighted by molar-refractivity contribution is 5.24. The topological polar surface area (TPSA) is 15.3 Å². The Morgan fingerprint density at radius 1 is 1.22 bits per heavy atom. The van der Waals surface area contributed by atoms with E-state index in [2.05, 4.69) is 55.4 Å². The molecule has 1 unspecified atom stereocenters. The third-order valence-corrected chi connectivity index (χ3v) is 4.08. The van der Waals surface area contributed by atoms with Gasteiger partial charge in [0.05, 0.1) is 0 Å². The molecule has 1 fully saturated rings. The van der Waals surface area contributed by atoms with E-state index >= 15 is 0 Å². The fourth-order valence-electron chi connectivity index (χ4n) is 2.57. The molecule has 1 atom stereocenters. The van der Waals surface area contributed by atoms with Crippen molar-refractivity contribution in [1.29, 1.82) is 0 Å². The third-order valence-electron chi connectivity index (χ3n) is 4.08. The molecule has 18 heavy (non-hydrogen) atoms. The van der Waals surface area contributed by atoms with Crippen molar-refractivity contribution in [2.75, 3.05) is 26.7 Å². The van der Waals surface area contributed by atoms with Crippen LogP contribution in [-0.4, -0.2) is 37.6 Å². The van der Waals surface area contributed by atoms with Crippen LogP contribution in [0.4, 0.5) is 0 Å². The molecule has 0 saturated carbocycles. The van der Waals surface area contributed by atoms with E-state index in [9.17, 15) is 0 Å². The van der Waals surface area contributed by atoms with Gasteiger partial charge in [0.1, 0.15) is 0 Å². The molecule has 1 N–H and O–H groups in total. The van der Waals surface area contributed by atoms with Crippen LogP contribution in [0.2, 0.25) is 0 Å². The summed E-state index contributed by atoms with van der Waals surface area (Å²) in [4.78, 5) is 2.42. The maximum Gasteiger partial charge on any atom is 0.00916 e. The minimum absolute atomic E-state index is 0.602. The minimum Gasteiger partial charge on any atom is -0.313 e. The molecule has 1 aromatic rings. The van der Waals surface area contributed by atoms with Gasteiger partial charge in [-0.3, -0.25) is 0 Å². The first-order valence-corrected chi connectivity index (χ1v) is 7.13. The maximum atomic E-state index is 3.73. The van der Waals surface area contributed by atoms with Gasteiger partial charge in [-0.25, -0.2) is 0 Å². The number of nitrogens with one attached hydrogen (secondary N) is 1. The van der Waals surface area contributed by atoms with Crippen molar-refractivity contribution in [3.8, 4) is 0 Å². The Morgan fingerprint density at radius 3 is 2.44 bits per heavy atom. The normalized spacial score (nSPS) is 19.9. The van der Waals surface area contributed by atoms with E-state index in [1.54, 1.807) is 0 Å². The van der Waals surface area contributed by atoms with Crippen molar-refractivity contribution in [3.63, 3.8) is 0 Å². The van der Waals surface area contributed by atoms with E-state index in [1.807, 2.05) is 0 Å². The van der Waals surface area contributed by atoms with Crippen LogP contribution in [0, 0.1) is 6.92 Å². The summed E-state index contributed by atoms with van der Waals surface area (Å²) in [6.07, 6.45) is 2.58. The number of hydrogen-bond acceptors (Lipinski definition) is 2. The predicted molar refractivity (Wildman–Crippen MR) is 78.1 cm³/mol. The van der Waals surface area contributed by atoms with Gasteiger partial charge in [0.15, 0.2) is 0 Å². The number of hydrogen-bond donors (Lipinski definition) is 1. The summed E-state index contributed by atoms with van der Waals surface area (Å²) in [6.45, 7) is 8.02. The van der Waals surface area contributed by atoms with Crippen LogP contribution in [0.15, 0.2) is 24.3 Å². The summed E-state index contributed by atoms with van der Waals surface area (Å²) in [5, 5.41) is 3.73. The van der Waals surface area contributed by atoms with E-state index in [4.69, 9.17) is 0 Å². The first-order valence-electron chi connectivity index (χ1n) is 7.13. The van der Waals surface area contributed by atoms with Gasteiger partial charge in [0.2, 0.25) is 0 Å². The Balaban J connectivity index is 1.77. The SMILES string of the molecule is Cc1ccc(C(C)CNC2CCN(C)CC2)cc1. The minimum atomic E-state index is 0.602. The molecule has 0 aromatic heterocycles. The Hall–Kier alpha value is -0.860. The molecule has 0 radical (unpaired) electrons. The van der Waals surface area contributed by atoms with Crippen molar-refractivity contribution in [2.45, 2.75) is 38.6 Å². The van der Waals surface area contributed by atoms with Gasteiger partial charge in [-0.1, -0.05) is 36.8 Å². The second-order valence-electron chi connectivity index (χ2n) is 5.80. The van der Waals surface area contributed by atoms with E-state index in [1.165, 1.54) is 37.1 Å². The van der Waals surface area contributed by atoms with Crippen LogP contribution in [-0.2, 0) is 0 Å². The summed E-state index contributed by atoms with van der Waals surface area (Å²) < 4.78 is 0. The maximum absolute atomic E-state index is 3.73. The molecule has 1 saturated heterocycles. The molecule has 1 aliphatic heterocycles. The number of benzene rings is 1. The fraction of sp³-hybridized carbons (Fsp3) is 0.625. The monoisotopic (exact) mass is 246 g/mol. The van der Waals surface area contributed by atoms with Gasteiger partial charge >= 0.3 is 0 Å². The average Bonchev–Trinajstić information content (AvgIpc) is 2.38. The van der Waals surface area contributed by atoms with Crippen LogP contribution in [0.3, 0.4) is 0 Å².